The Morgan fingerprint density at radius 3 is 2.33 bits per heavy atom. The third-order valence-electron chi connectivity index (χ3n) is 9.17. The van der Waals surface area contributed by atoms with Crippen LogP contribution in [0.25, 0.3) is 66.6 Å². The first-order valence-corrected chi connectivity index (χ1v) is 15.7. The average Bonchev–Trinajstić information content (AvgIpc) is 3.50. The van der Waals surface area contributed by atoms with Crippen molar-refractivity contribution in [3.63, 3.8) is 0 Å². The molecule has 2 heterocycles. The molecule has 1 atom stereocenters. The van der Waals surface area contributed by atoms with Gasteiger partial charge in [-0.15, -0.1) is 0 Å². The van der Waals surface area contributed by atoms with Crippen molar-refractivity contribution in [2.45, 2.75) is 13.3 Å². The molecule has 2 aliphatic rings. The Kier molecular flexibility index (Phi) is 6.13. The summed E-state index contributed by atoms with van der Waals surface area (Å²) in [5.41, 5.74) is 9.56. The number of hydrogen-bond acceptors (Lipinski definition) is 4. The van der Waals surface area contributed by atoms with Crippen LogP contribution in [-0.4, -0.2) is 15.0 Å². The van der Waals surface area contributed by atoms with E-state index in [1.807, 2.05) is 30.3 Å². The number of aryl methyl sites for hydroxylation is 1. The Balaban J connectivity index is 1.26. The summed E-state index contributed by atoms with van der Waals surface area (Å²) >= 11 is 0. The van der Waals surface area contributed by atoms with E-state index < -0.39 is 0 Å². The summed E-state index contributed by atoms with van der Waals surface area (Å²) in [5, 5.41) is 4.58. The van der Waals surface area contributed by atoms with Crippen LogP contribution < -0.4 is 0 Å². The van der Waals surface area contributed by atoms with Crippen LogP contribution in [0, 0.1) is 12.8 Å². The minimum Gasteiger partial charge on any atom is -0.456 e. The maximum Gasteiger partial charge on any atom is 0.164 e. The van der Waals surface area contributed by atoms with E-state index in [1.54, 1.807) is 0 Å². The van der Waals surface area contributed by atoms with E-state index in [0.29, 0.717) is 17.5 Å². The maximum atomic E-state index is 6.24. The number of allylic oxidation sites excluding steroid dienone is 8. The van der Waals surface area contributed by atoms with Crippen molar-refractivity contribution in [3.8, 4) is 22.8 Å². The highest BCUT2D eigenvalue weighted by Gasteiger charge is 2.28. The van der Waals surface area contributed by atoms with Crippen LogP contribution in [0.5, 0.6) is 0 Å². The molecule has 4 nitrogen and oxygen atoms in total. The largest absolute Gasteiger partial charge is 0.456 e. The lowest BCUT2D eigenvalue weighted by Crippen LogP contribution is -2.14. The van der Waals surface area contributed by atoms with Gasteiger partial charge in [-0.2, -0.15) is 0 Å². The summed E-state index contributed by atoms with van der Waals surface area (Å²) in [7, 11) is 0. The van der Waals surface area contributed by atoms with Gasteiger partial charge >= 0.3 is 0 Å². The minimum atomic E-state index is 0.194. The van der Waals surface area contributed by atoms with Gasteiger partial charge in [-0.1, -0.05) is 127 Å². The predicted molar refractivity (Wildman–Crippen MR) is 188 cm³/mol. The van der Waals surface area contributed by atoms with E-state index in [0.717, 1.165) is 50.6 Å². The molecule has 2 aromatic heterocycles. The number of benzene rings is 5. The number of fused-ring (bicyclic) bond motifs is 5. The molecular formula is C42H29N3O. The summed E-state index contributed by atoms with van der Waals surface area (Å²) < 4.78 is 6.24. The number of hydrogen-bond donors (Lipinski definition) is 0. The van der Waals surface area contributed by atoms with Crippen molar-refractivity contribution in [3.05, 3.63) is 162 Å². The van der Waals surface area contributed by atoms with Gasteiger partial charge in [-0.3, -0.25) is 0 Å². The Morgan fingerprint density at radius 1 is 0.652 bits per heavy atom. The summed E-state index contributed by atoms with van der Waals surface area (Å²) in [4.78, 5) is 15.5. The molecule has 0 radical (unpaired) electrons. The van der Waals surface area contributed by atoms with Crippen molar-refractivity contribution < 1.29 is 4.42 Å². The molecule has 7 aromatic rings. The van der Waals surface area contributed by atoms with E-state index in [4.69, 9.17) is 19.4 Å². The summed E-state index contributed by atoms with van der Waals surface area (Å²) in [6, 6.07) is 37.8. The van der Waals surface area contributed by atoms with E-state index in [9.17, 15) is 0 Å². The minimum absolute atomic E-state index is 0.194. The topological polar surface area (TPSA) is 51.8 Å². The zero-order valence-corrected chi connectivity index (χ0v) is 25.3. The number of rotatable bonds is 4. The van der Waals surface area contributed by atoms with Gasteiger partial charge in [0.05, 0.1) is 0 Å². The lowest BCUT2D eigenvalue weighted by atomic mass is 9.75. The van der Waals surface area contributed by atoms with Crippen molar-refractivity contribution in [1.29, 1.82) is 0 Å². The Hall–Kier alpha value is -5.87. The average molecular weight is 592 g/mol. The van der Waals surface area contributed by atoms with Crippen molar-refractivity contribution in [2.75, 3.05) is 0 Å². The van der Waals surface area contributed by atoms with Crippen molar-refractivity contribution >= 4 is 43.9 Å². The Morgan fingerprint density at radius 2 is 1.39 bits per heavy atom. The number of furan rings is 1. The molecule has 0 aliphatic heterocycles. The molecule has 1 unspecified atom stereocenters. The van der Waals surface area contributed by atoms with Gasteiger partial charge in [-0.25, -0.2) is 15.0 Å². The molecule has 218 valence electrons. The second-order valence-corrected chi connectivity index (χ2v) is 12.0. The zero-order chi connectivity index (χ0) is 30.6. The lowest BCUT2D eigenvalue weighted by molar-refractivity contribution is 0.669. The Bertz CT molecular complexity index is 2470. The molecule has 0 amide bonds. The maximum absolute atomic E-state index is 6.24. The number of para-hydroxylation sites is 1. The van der Waals surface area contributed by atoms with Gasteiger partial charge < -0.3 is 4.42 Å². The summed E-state index contributed by atoms with van der Waals surface area (Å²) in [5.74, 6) is 2.15. The predicted octanol–water partition coefficient (Wildman–Crippen LogP) is 10.5. The van der Waals surface area contributed by atoms with Gasteiger partial charge in [0, 0.05) is 33.4 Å². The molecular weight excluding hydrogens is 562 g/mol. The SMILES string of the molecule is Cc1cccc(-c2nc(C3=C4C=CC=C(c5cccc6ccccc56)C4CC=C3)nc(-c3cccc4oc5ccccc5c34)n2)c1. The van der Waals surface area contributed by atoms with Crippen molar-refractivity contribution in [2.24, 2.45) is 5.92 Å². The molecule has 9 rings (SSSR count). The fraction of sp³-hybridized carbons (Fsp3) is 0.0714. The van der Waals surface area contributed by atoms with Crippen LogP contribution in [0.2, 0.25) is 0 Å². The standard InChI is InChI=1S/C42H29N3O/c1-26-11-6-14-28(25-26)40-43-41(45-42(44-40)36-22-10-24-38-39(36)35-16-4-5-23-37(35)46-38)34-21-9-19-32-31(18-8-20-33(32)34)30-17-7-13-27-12-2-3-15-29(27)30/h2-18,20-25,32H,19H2,1H3. The zero-order valence-electron chi connectivity index (χ0n) is 25.3. The first-order chi connectivity index (χ1) is 22.7. The molecule has 46 heavy (non-hydrogen) atoms. The fourth-order valence-corrected chi connectivity index (χ4v) is 7.05. The second kappa shape index (κ2) is 10.6. The van der Waals surface area contributed by atoms with Gasteiger partial charge in [0.25, 0.3) is 0 Å². The highest BCUT2D eigenvalue weighted by molar-refractivity contribution is 6.11. The third kappa shape index (κ3) is 4.33. The molecule has 0 saturated heterocycles. The van der Waals surface area contributed by atoms with Gasteiger partial charge in [-0.05, 0) is 59.0 Å². The van der Waals surface area contributed by atoms with Crippen molar-refractivity contribution in [1.82, 2.24) is 15.0 Å². The van der Waals surface area contributed by atoms with Crippen LogP contribution in [0.4, 0.5) is 0 Å². The van der Waals surface area contributed by atoms with Crippen LogP contribution >= 0.6 is 0 Å². The van der Waals surface area contributed by atoms with Crippen LogP contribution in [0.1, 0.15) is 23.4 Å². The van der Waals surface area contributed by atoms with Gasteiger partial charge in [0.15, 0.2) is 17.5 Å². The number of aromatic nitrogens is 3. The monoisotopic (exact) mass is 591 g/mol. The van der Waals surface area contributed by atoms with E-state index >= 15 is 0 Å². The second-order valence-electron chi connectivity index (χ2n) is 12.0. The van der Waals surface area contributed by atoms with E-state index in [-0.39, 0.29) is 5.92 Å². The first-order valence-electron chi connectivity index (χ1n) is 15.7. The molecule has 5 aromatic carbocycles. The summed E-state index contributed by atoms with van der Waals surface area (Å²) in [6.45, 7) is 2.10. The van der Waals surface area contributed by atoms with E-state index in [1.165, 1.54) is 27.5 Å². The molecule has 0 fully saturated rings. The van der Waals surface area contributed by atoms with Crippen LogP contribution in [0.3, 0.4) is 0 Å². The molecule has 0 saturated carbocycles. The molecule has 0 spiro atoms. The van der Waals surface area contributed by atoms with Crippen LogP contribution in [0.15, 0.2) is 150 Å². The highest BCUT2D eigenvalue weighted by Crippen LogP contribution is 2.44. The quantitative estimate of drug-likeness (QED) is 0.204. The molecule has 2 aliphatic carbocycles. The van der Waals surface area contributed by atoms with Gasteiger partial charge in [0.1, 0.15) is 11.2 Å². The molecule has 0 N–H and O–H groups in total. The smallest absolute Gasteiger partial charge is 0.164 e. The Labute approximate surface area is 266 Å². The fourth-order valence-electron chi connectivity index (χ4n) is 7.05. The van der Waals surface area contributed by atoms with E-state index in [2.05, 4.69) is 116 Å². The summed E-state index contributed by atoms with van der Waals surface area (Å²) in [6.07, 6.45) is 12.1. The molecule has 0 bridgehead atoms. The molecule has 4 heteroatoms. The normalized spacial score (nSPS) is 15.9. The highest BCUT2D eigenvalue weighted by atomic mass is 16.3. The lowest BCUT2D eigenvalue weighted by Gasteiger charge is -2.29. The third-order valence-corrected chi connectivity index (χ3v) is 9.17. The number of nitrogens with zero attached hydrogens (tertiary/aromatic N) is 3. The first kappa shape index (κ1) is 26.5. The van der Waals surface area contributed by atoms with Crippen LogP contribution in [-0.2, 0) is 0 Å². The van der Waals surface area contributed by atoms with Gasteiger partial charge in [0.2, 0.25) is 0 Å².